The average molecular weight is 460 g/mol. The molecule has 0 aromatic carbocycles. The molecule has 2 atom stereocenters. The number of hydrogen-bond donors (Lipinski definition) is 1. The Kier molecular flexibility index (Phi) is 11.7. The zero-order chi connectivity index (χ0) is 23.9. The second-order valence-electron chi connectivity index (χ2n) is 9.41. The first kappa shape index (κ1) is 29.3. The van der Waals surface area contributed by atoms with Crippen molar-refractivity contribution in [2.24, 2.45) is 21.8 Å². The molecule has 5 nitrogen and oxygen atoms in total. The minimum Gasteiger partial charge on any atom is -0.562 e. The summed E-state index contributed by atoms with van der Waals surface area (Å²) < 4.78 is 5.43. The molecule has 1 aliphatic carbocycles. The molecule has 2 aliphatic rings. The van der Waals surface area contributed by atoms with E-state index >= 15 is 0 Å². The number of carbonyl (C=O) groups excluding carboxylic acids is 1. The van der Waals surface area contributed by atoms with E-state index in [1.165, 1.54) is 6.08 Å². The first-order chi connectivity index (χ1) is 15.0. The van der Waals surface area contributed by atoms with Crippen LogP contribution in [0.3, 0.4) is 0 Å². The van der Waals surface area contributed by atoms with E-state index in [4.69, 9.17) is 35.1 Å². The van der Waals surface area contributed by atoms with Crippen molar-refractivity contribution in [1.29, 1.82) is 0 Å². The molecule has 33 heavy (non-hydrogen) atoms. The normalized spacial score (nSPS) is 19.7. The third-order valence-electron chi connectivity index (χ3n) is 5.08. The fraction of sp³-hybridized carbons (Fsp3) is 0.538. The third-order valence-corrected chi connectivity index (χ3v) is 5.53. The fourth-order valence-electron chi connectivity index (χ4n) is 3.07. The summed E-state index contributed by atoms with van der Waals surface area (Å²) in [5.74, 6) is 0.0617. The van der Waals surface area contributed by atoms with Gasteiger partial charge < -0.3 is 21.6 Å². The van der Waals surface area contributed by atoms with E-state index in [0.717, 1.165) is 29.8 Å². The molecule has 0 aromatic rings. The van der Waals surface area contributed by atoms with E-state index in [-0.39, 0.29) is 36.8 Å². The van der Waals surface area contributed by atoms with Gasteiger partial charge >= 0.3 is 24.8 Å². The Morgan fingerprint density at radius 3 is 2.70 bits per heavy atom. The van der Waals surface area contributed by atoms with Crippen LogP contribution in [0.2, 0.25) is 0 Å². The largest absolute Gasteiger partial charge is 1.00 e. The summed E-state index contributed by atoms with van der Waals surface area (Å²) >= 11 is 5.59. The number of allylic oxidation sites excluding steroid dienone is 4. The number of aliphatic imine (C=N–C) groups is 2. The van der Waals surface area contributed by atoms with E-state index < -0.39 is 5.60 Å². The number of ether oxygens (including phenoxy) is 1. The Hall–Kier alpha value is -1.74. The topological polar surface area (TPSA) is 63.0 Å². The van der Waals surface area contributed by atoms with Gasteiger partial charge in [-0.25, -0.2) is 11.8 Å². The molecule has 0 amide bonds. The average Bonchev–Trinajstić information content (AvgIpc) is 3.55. The maximum absolute atomic E-state index is 12.1. The van der Waals surface area contributed by atoms with E-state index in [9.17, 15) is 4.79 Å². The molecular weight excluding hydrogens is 425 g/mol. The van der Waals surface area contributed by atoms with Gasteiger partial charge in [-0.15, -0.1) is 0 Å². The summed E-state index contributed by atoms with van der Waals surface area (Å²) in [7, 11) is 0. The van der Waals surface area contributed by atoms with Crippen LogP contribution in [0.5, 0.6) is 0 Å². The third kappa shape index (κ3) is 10.8. The van der Waals surface area contributed by atoms with Crippen molar-refractivity contribution in [2.75, 3.05) is 0 Å². The summed E-state index contributed by atoms with van der Waals surface area (Å²) in [6.45, 7) is 20.9. The molecule has 1 saturated carbocycles. The molecule has 0 aromatic heterocycles. The van der Waals surface area contributed by atoms with Gasteiger partial charge in [-0.2, -0.15) is 11.6 Å². The molecule has 1 aliphatic heterocycles. The van der Waals surface area contributed by atoms with Crippen molar-refractivity contribution in [3.05, 3.63) is 48.4 Å². The Bertz CT molecular complexity index is 876. The van der Waals surface area contributed by atoms with Crippen molar-refractivity contribution in [3.8, 4) is 0 Å². The van der Waals surface area contributed by atoms with E-state index in [2.05, 4.69) is 22.6 Å². The molecule has 174 valence electrons. The van der Waals surface area contributed by atoms with Crippen LogP contribution in [0, 0.1) is 25.0 Å². The summed E-state index contributed by atoms with van der Waals surface area (Å²) in [6, 6.07) is 0.0250. The fourth-order valence-corrected chi connectivity index (χ4v) is 3.32. The molecule has 1 N–H and O–H groups in total. The summed E-state index contributed by atoms with van der Waals surface area (Å²) in [4.78, 5) is 21.8. The number of rotatable bonds is 10. The molecule has 2 rings (SSSR count). The second kappa shape index (κ2) is 13.2. The number of carbonyl (C=O) groups is 1. The van der Waals surface area contributed by atoms with E-state index in [1.54, 1.807) is 6.08 Å². The van der Waals surface area contributed by atoms with Crippen molar-refractivity contribution in [2.45, 2.75) is 78.4 Å². The van der Waals surface area contributed by atoms with Gasteiger partial charge in [0, 0.05) is 30.2 Å². The van der Waals surface area contributed by atoms with Gasteiger partial charge in [0.1, 0.15) is 5.60 Å². The molecule has 2 unspecified atom stereocenters. The van der Waals surface area contributed by atoms with Gasteiger partial charge in [0.25, 0.3) is 0 Å². The first-order valence-corrected chi connectivity index (χ1v) is 11.5. The van der Waals surface area contributed by atoms with Gasteiger partial charge in [-0.05, 0) is 52.0 Å². The minimum atomic E-state index is -0.478. The number of nitrogens with one attached hydrogen (secondary N) is 1. The minimum absolute atomic E-state index is 0. The quantitative estimate of drug-likeness (QED) is 0.136. The van der Waals surface area contributed by atoms with Crippen LogP contribution in [0.4, 0.5) is 0 Å². The number of dihydropyridines is 1. The van der Waals surface area contributed by atoms with Crippen molar-refractivity contribution < 1.29 is 28.4 Å². The van der Waals surface area contributed by atoms with Crippen LogP contribution in [-0.2, 0) is 9.53 Å². The monoisotopic (exact) mass is 459 g/mol. The molecular formula is C26H34LiN3O2S-2. The van der Waals surface area contributed by atoms with E-state index in [1.807, 2.05) is 34.6 Å². The number of thiocarbonyl (C=S) groups is 1. The standard InChI is InChI=1S/C26H34N3O2S.Li/c1-8-17(2)13-14-27-19(4)18(3)25(32)29-22-15-21(28-23(16-22)20-9-10-20)11-12-24(30)31-26(5,6)7;/h1,4,8,13,16,18,20-21H,9-12,15H2,2-3,5-7H3,(H,29,32);/q-3;+1/b17-13-;. The first-order valence-electron chi connectivity index (χ1n) is 11.1. The van der Waals surface area contributed by atoms with E-state index in [0.29, 0.717) is 35.9 Å². The van der Waals surface area contributed by atoms with Crippen molar-refractivity contribution in [1.82, 2.24) is 5.32 Å². The van der Waals surface area contributed by atoms with Crippen LogP contribution < -0.4 is 24.2 Å². The Morgan fingerprint density at radius 2 is 2.12 bits per heavy atom. The summed E-state index contributed by atoms with van der Waals surface area (Å²) in [6.07, 6.45) is 12.0. The predicted octanol–water partition coefficient (Wildman–Crippen LogP) is 2.37. The van der Waals surface area contributed by atoms with Gasteiger partial charge in [-0.3, -0.25) is 16.4 Å². The molecule has 0 radical (unpaired) electrons. The van der Waals surface area contributed by atoms with Gasteiger partial charge in [-0.1, -0.05) is 32.3 Å². The Morgan fingerprint density at radius 1 is 1.45 bits per heavy atom. The van der Waals surface area contributed by atoms with Crippen LogP contribution in [0.25, 0.3) is 0 Å². The van der Waals surface area contributed by atoms with Gasteiger partial charge in [0.2, 0.25) is 0 Å². The predicted molar refractivity (Wildman–Crippen MR) is 134 cm³/mol. The maximum atomic E-state index is 12.1. The number of esters is 1. The maximum Gasteiger partial charge on any atom is 1.00 e. The number of hydrogen-bond acceptors (Lipinski definition) is 5. The van der Waals surface area contributed by atoms with Crippen molar-refractivity contribution >= 4 is 35.1 Å². The molecule has 7 heteroatoms. The zero-order valence-electron chi connectivity index (χ0n) is 20.8. The molecule has 0 bridgehead atoms. The van der Waals surface area contributed by atoms with Crippen LogP contribution in [0.1, 0.15) is 66.7 Å². The summed E-state index contributed by atoms with van der Waals surface area (Å²) in [5, 5.41) is 3.34. The zero-order valence-corrected chi connectivity index (χ0v) is 21.6. The Labute approximate surface area is 216 Å². The molecule has 1 fully saturated rings. The SMILES string of the molecule is [CH-]=C/C(C)=C\[C-]=NC(=[CH-])C(C)C(=S)NC1=CC(C2CC2)=NC(CCC(=O)OC(C)(C)C)C1.[Li+]. The molecule has 0 spiro atoms. The van der Waals surface area contributed by atoms with Gasteiger partial charge in [0.05, 0.1) is 11.0 Å². The summed E-state index contributed by atoms with van der Waals surface area (Å²) in [5.41, 5.74) is 2.82. The van der Waals surface area contributed by atoms with Crippen LogP contribution in [-0.4, -0.2) is 34.5 Å². The second-order valence-corrected chi connectivity index (χ2v) is 9.85. The molecule has 0 saturated heterocycles. The Balaban J connectivity index is 0.00000544. The van der Waals surface area contributed by atoms with Crippen LogP contribution in [0.15, 0.2) is 45.2 Å². The van der Waals surface area contributed by atoms with Crippen molar-refractivity contribution in [3.63, 3.8) is 0 Å². The number of nitrogens with zero attached hydrogens (tertiary/aromatic N) is 2. The molecule has 1 heterocycles. The van der Waals surface area contributed by atoms with Crippen LogP contribution >= 0.6 is 12.2 Å². The van der Waals surface area contributed by atoms with Gasteiger partial charge in [0.15, 0.2) is 0 Å². The smallest absolute Gasteiger partial charge is 0.562 e.